The number of rotatable bonds is 1. The summed E-state index contributed by atoms with van der Waals surface area (Å²) in [5, 5.41) is 0. The lowest BCUT2D eigenvalue weighted by molar-refractivity contribution is -0.159. The summed E-state index contributed by atoms with van der Waals surface area (Å²) in [6, 6.07) is 0. The van der Waals surface area contributed by atoms with Crippen LogP contribution in [0, 0.1) is 11.3 Å². The predicted molar refractivity (Wildman–Crippen MR) is 62.8 cm³/mol. The molecule has 1 amide bonds. The van der Waals surface area contributed by atoms with Gasteiger partial charge in [-0.15, -0.1) is 0 Å². The van der Waals surface area contributed by atoms with Crippen LogP contribution in [0.25, 0.3) is 0 Å². The van der Waals surface area contributed by atoms with E-state index in [0.29, 0.717) is 12.8 Å². The Morgan fingerprint density at radius 1 is 1.59 bits per heavy atom. The lowest BCUT2D eigenvalue weighted by atomic mass is 9.65. The Morgan fingerprint density at radius 3 is 2.94 bits per heavy atom. The molecule has 0 bridgehead atoms. The molecule has 0 fully saturated rings. The highest BCUT2D eigenvalue weighted by atomic mass is 16.5. The summed E-state index contributed by atoms with van der Waals surface area (Å²) in [6.45, 7) is 1.99. The van der Waals surface area contributed by atoms with E-state index in [1.54, 1.807) is 18.1 Å². The molecule has 1 heterocycles. The maximum absolute atomic E-state index is 12.2. The highest BCUT2D eigenvalue weighted by Gasteiger charge is 2.51. The molecule has 0 aromatic heterocycles. The van der Waals surface area contributed by atoms with Crippen molar-refractivity contribution in [3.63, 3.8) is 0 Å². The third-order valence-electron chi connectivity index (χ3n) is 3.74. The third-order valence-corrected chi connectivity index (χ3v) is 3.74. The second-order valence-corrected chi connectivity index (χ2v) is 4.81. The molecular formula is C13H17NO3. The molecule has 17 heavy (non-hydrogen) atoms. The van der Waals surface area contributed by atoms with Crippen molar-refractivity contribution in [3.8, 4) is 0 Å². The van der Waals surface area contributed by atoms with Gasteiger partial charge in [0.05, 0.1) is 13.0 Å². The van der Waals surface area contributed by atoms with E-state index < -0.39 is 5.41 Å². The molecule has 1 aliphatic heterocycles. The number of methoxy groups -OCH3 is 1. The zero-order valence-corrected chi connectivity index (χ0v) is 10.4. The van der Waals surface area contributed by atoms with E-state index in [1.807, 2.05) is 19.1 Å². The first-order chi connectivity index (χ1) is 8.01. The Balaban J connectivity index is 2.48. The van der Waals surface area contributed by atoms with Crippen LogP contribution in [0.4, 0.5) is 0 Å². The van der Waals surface area contributed by atoms with Crippen molar-refractivity contribution in [1.29, 1.82) is 0 Å². The highest BCUT2D eigenvalue weighted by Crippen LogP contribution is 2.45. The number of amides is 1. The van der Waals surface area contributed by atoms with E-state index >= 15 is 0 Å². The van der Waals surface area contributed by atoms with E-state index in [1.165, 1.54) is 7.11 Å². The van der Waals surface area contributed by atoms with E-state index in [9.17, 15) is 9.59 Å². The number of fused-ring (bicyclic) bond motifs is 1. The molecule has 0 aromatic rings. The molecule has 2 aliphatic rings. The smallest absolute Gasteiger partial charge is 0.316 e. The number of allylic oxidation sites excluding steroid dienone is 2. The van der Waals surface area contributed by atoms with Crippen LogP contribution in [0.5, 0.6) is 0 Å². The quantitative estimate of drug-likeness (QED) is 0.511. The standard InChI is InChI=1S/C13H17NO3/c1-9-4-5-13(12(16)17-3)6-7-14(2)11(15)10(13)8-9/h4,6-7,10H,5,8H2,1-3H3/t10-,13+/m1/s1. The van der Waals surface area contributed by atoms with Gasteiger partial charge in [0.1, 0.15) is 5.41 Å². The minimum atomic E-state index is -0.794. The Hall–Kier alpha value is -1.58. The molecule has 1 aliphatic carbocycles. The van der Waals surface area contributed by atoms with Gasteiger partial charge >= 0.3 is 5.97 Å². The van der Waals surface area contributed by atoms with E-state index in [4.69, 9.17) is 4.74 Å². The van der Waals surface area contributed by atoms with E-state index in [2.05, 4.69) is 0 Å². The highest BCUT2D eigenvalue weighted by molar-refractivity contribution is 5.92. The van der Waals surface area contributed by atoms with Gasteiger partial charge in [-0.1, -0.05) is 11.6 Å². The molecule has 0 saturated carbocycles. The zero-order chi connectivity index (χ0) is 12.6. The second kappa shape index (κ2) is 4.02. The maximum Gasteiger partial charge on any atom is 0.316 e. The fourth-order valence-corrected chi connectivity index (χ4v) is 2.61. The lowest BCUT2D eigenvalue weighted by Crippen LogP contribution is -2.50. The Bertz CT molecular complexity index is 424. The second-order valence-electron chi connectivity index (χ2n) is 4.81. The van der Waals surface area contributed by atoms with Gasteiger partial charge in [0.25, 0.3) is 0 Å². The molecule has 4 heteroatoms. The van der Waals surface area contributed by atoms with Crippen LogP contribution in [0.1, 0.15) is 19.8 Å². The summed E-state index contributed by atoms with van der Waals surface area (Å²) >= 11 is 0. The minimum Gasteiger partial charge on any atom is -0.468 e. The SMILES string of the molecule is COC(=O)[C@@]12C=CN(C)C(=O)[C@H]1CC(C)=CC2. The molecule has 4 nitrogen and oxygen atoms in total. The summed E-state index contributed by atoms with van der Waals surface area (Å²) < 4.78 is 4.88. The third kappa shape index (κ3) is 1.68. The van der Waals surface area contributed by atoms with Crippen LogP contribution < -0.4 is 0 Å². The van der Waals surface area contributed by atoms with Gasteiger partial charge in [0.2, 0.25) is 5.91 Å². The molecule has 92 valence electrons. The summed E-state index contributed by atoms with van der Waals surface area (Å²) in [5.41, 5.74) is 0.365. The van der Waals surface area contributed by atoms with Gasteiger partial charge in [0, 0.05) is 13.2 Å². The van der Waals surface area contributed by atoms with Gasteiger partial charge in [0.15, 0.2) is 0 Å². The van der Waals surface area contributed by atoms with E-state index in [0.717, 1.165) is 5.57 Å². The number of esters is 1. The number of carbonyl (C=O) groups excluding carboxylic acids is 2. The van der Waals surface area contributed by atoms with Crippen molar-refractivity contribution in [2.24, 2.45) is 11.3 Å². The molecule has 2 atom stereocenters. The first kappa shape index (κ1) is 11.9. The summed E-state index contributed by atoms with van der Waals surface area (Å²) in [5.74, 6) is -0.649. The number of carbonyl (C=O) groups is 2. The number of hydrogen-bond acceptors (Lipinski definition) is 3. The molecule has 0 aromatic carbocycles. The topological polar surface area (TPSA) is 46.6 Å². The Labute approximate surface area is 101 Å². The van der Waals surface area contributed by atoms with Crippen LogP contribution in [0.15, 0.2) is 23.9 Å². The number of ether oxygens (including phenoxy) is 1. The number of hydrogen-bond donors (Lipinski definition) is 0. The van der Waals surface area contributed by atoms with Gasteiger partial charge in [-0.2, -0.15) is 0 Å². The van der Waals surface area contributed by atoms with Gasteiger partial charge in [-0.05, 0) is 25.8 Å². The van der Waals surface area contributed by atoms with Crippen molar-refractivity contribution in [2.75, 3.05) is 14.2 Å². The van der Waals surface area contributed by atoms with Gasteiger partial charge in [-0.25, -0.2) is 0 Å². The summed E-state index contributed by atoms with van der Waals surface area (Å²) in [7, 11) is 3.09. The zero-order valence-electron chi connectivity index (χ0n) is 10.4. The first-order valence-electron chi connectivity index (χ1n) is 5.71. The van der Waals surface area contributed by atoms with Crippen molar-refractivity contribution < 1.29 is 14.3 Å². The van der Waals surface area contributed by atoms with Crippen molar-refractivity contribution in [1.82, 2.24) is 4.90 Å². The first-order valence-corrected chi connectivity index (χ1v) is 5.71. The molecule has 0 spiro atoms. The van der Waals surface area contributed by atoms with Crippen LogP contribution >= 0.6 is 0 Å². The van der Waals surface area contributed by atoms with Crippen LogP contribution in [0.2, 0.25) is 0 Å². The Morgan fingerprint density at radius 2 is 2.29 bits per heavy atom. The van der Waals surface area contributed by atoms with Crippen molar-refractivity contribution in [2.45, 2.75) is 19.8 Å². The maximum atomic E-state index is 12.2. The van der Waals surface area contributed by atoms with Crippen LogP contribution in [-0.2, 0) is 14.3 Å². The Kier molecular flexibility index (Phi) is 2.81. The molecule has 2 rings (SSSR count). The van der Waals surface area contributed by atoms with Crippen molar-refractivity contribution in [3.05, 3.63) is 23.9 Å². The summed E-state index contributed by atoms with van der Waals surface area (Å²) in [4.78, 5) is 25.7. The van der Waals surface area contributed by atoms with Crippen molar-refractivity contribution >= 4 is 11.9 Å². The summed E-state index contributed by atoms with van der Waals surface area (Å²) in [6.07, 6.45) is 6.68. The van der Waals surface area contributed by atoms with Crippen LogP contribution in [-0.4, -0.2) is 30.9 Å². The lowest BCUT2D eigenvalue weighted by Gasteiger charge is -2.41. The molecule has 0 unspecified atom stereocenters. The molecule has 0 radical (unpaired) electrons. The monoisotopic (exact) mass is 235 g/mol. The average molecular weight is 235 g/mol. The average Bonchev–Trinajstić information content (AvgIpc) is 2.34. The number of nitrogens with zero attached hydrogens (tertiary/aromatic N) is 1. The minimum absolute atomic E-state index is 0.00894. The molecule has 0 saturated heterocycles. The van der Waals surface area contributed by atoms with E-state index in [-0.39, 0.29) is 17.8 Å². The van der Waals surface area contributed by atoms with Gasteiger partial charge < -0.3 is 9.64 Å². The molecular weight excluding hydrogens is 218 g/mol. The molecule has 0 N–H and O–H groups in total. The fraction of sp³-hybridized carbons (Fsp3) is 0.538. The predicted octanol–water partition coefficient (Wildman–Crippen LogP) is 1.49. The van der Waals surface area contributed by atoms with Gasteiger partial charge in [-0.3, -0.25) is 9.59 Å². The normalized spacial score (nSPS) is 31.9. The largest absolute Gasteiger partial charge is 0.468 e. The van der Waals surface area contributed by atoms with Crippen LogP contribution in [0.3, 0.4) is 0 Å². The fourth-order valence-electron chi connectivity index (χ4n) is 2.61.